The Balaban J connectivity index is 2.30. The van der Waals surface area contributed by atoms with Crippen LogP contribution in [0, 0.1) is 0 Å². The summed E-state index contributed by atoms with van der Waals surface area (Å²) >= 11 is 0. The van der Waals surface area contributed by atoms with E-state index < -0.39 is 0 Å². The Morgan fingerprint density at radius 2 is 2.06 bits per heavy atom. The van der Waals surface area contributed by atoms with E-state index in [0.717, 1.165) is 12.0 Å². The van der Waals surface area contributed by atoms with Gasteiger partial charge in [-0.2, -0.15) is 0 Å². The van der Waals surface area contributed by atoms with Crippen LogP contribution in [0.4, 0.5) is 4.79 Å². The molecule has 0 unspecified atom stereocenters. The zero-order valence-electron chi connectivity index (χ0n) is 10.6. The molecule has 0 saturated heterocycles. The average molecular weight is 252 g/mol. The maximum Gasteiger partial charge on any atom is 0.341 e. The van der Waals surface area contributed by atoms with Crippen molar-refractivity contribution in [3.05, 3.63) is 35.9 Å². The highest BCUT2D eigenvalue weighted by atomic mass is 16.7. The second-order valence-corrected chi connectivity index (χ2v) is 3.89. The number of hydrogen-bond acceptors (Lipinski definition) is 3. The molecule has 1 aromatic carbocycles. The molecule has 1 aromatic rings. The predicted molar refractivity (Wildman–Crippen MR) is 68.7 cm³/mol. The molecular formula is C13H20N2O3. The van der Waals surface area contributed by atoms with E-state index >= 15 is 0 Å². The number of hydroxylamine groups is 1. The van der Waals surface area contributed by atoms with Gasteiger partial charge in [-0.25, -0.2) is 10.3 Å². The largest absolute Gasteiger partial charge is 0.395 e. The van der Waals surface area contributed by atoms with Crippen molar-refractivity contribution in [2.24, 2.45) is 0 Å². The molecule has 0 saturated carbocycles. The van der Waals surface area contributed by atoms with Crippen LogP contribution in [0.25, 0.3) is 0 Å². The number of aliphatic hydroxyl groups excluding tert-OH is 1. The molecule has 5 heteroatoms. The van der Waals surface area contributed by atoms with Crippen molar-refractivity contribution < 1.29 is 14.7 Å². The molecule has 0 spiro atoms. The number of rotatable bonds is 7. The van der Waals surface area contributed by atoms with E-state index in [0.29, 0.717) is 19.7 Å². The van der Waals surface area contributed by atoms with Gasteiger partial charge >= 0.3 is 6.03 Å². The Labute approximate surface area is 107 Å². The van der Waals surface area contributed by atoms with Gasteiger partial charge in [0.2, 0.25) is 0 Å². The minimum Gasteiger partial charge on any atom is -0.395 e. The van der Waals surface area contributed by atoms with Crippen LogP contribution in [0.1, 0.15) is 18.9 Å². The van der Waals surface area contributed by atoms with Gasteiger partial charge in [0.25, 0.3) is 0 Å². The molecule has 2 N–H and O–H groups in total. The molecule has 0 aliphatic carbocycles. The summed E-state index contributed by atoms with van der Waals surface area (Å²) < 4.78 is 0. The van der Waals surface area contributed by atoms with Crippen molar-refractivity contribution >= 4 is 6.03 Å². The molecule has 0 fully saturated rings. The molecule has 5 nitrogen and oxygen atoms in total. The number of aliphatic hydroxyl groups is 1. The van der Waals surface area contributed by atoms with Gasteiger partial charge in [0.15, 0.2) is 0 Å². The van der Waals surface area contributed by atoms with Crippen LogP contribution in [0.3, 0.4) is 0 Å². The van der Waals surface area contributed by atoms with E-state index in [1.165, 1.54) is 4.90 Å². The van der Waals surface area contributed by atoms with Gasteiger partial charge in [0.1, 0.15) is 0 Å². The van der Waals surface area contributed by atoms with Crippen molar-refractivity contribution in [1.29, 1.82) is 0 Å². The van der Waals surface area contributed by atoms with Crippen LogP contribution in [-0.4, -0.2) is 35.7 Å². The summed E-state index contributed by atoms with van der Waals surface area (Å²) in [4.78, 5) is 18.3. The lowest BCUT2D eigenvalue weighted by atomic mass is 10.2. The van der Waals surface area contributed by atoms with E-state index in [1.807, 2.05) is 37.3 Å². The van der Waals surface area contributed by atoms with Crippen molar-refractivity contribution in [2.45, 2.75) is 20.0 Å². The molecule has 1 rings (SSSR count). The number of benzene rings is 1. The van der Waals surface area contributed by atoms with Crippen molar-refractivity contribution in [2.75, 3.05) is 19.7 Å². The molecule has 0 atom stereocenters. The van der Waals surface area contributed by atoms with Gasteiger partial charge in [-0.15, -0.1) is 0 Å². The fraction of sp³-hybridized carbons (Fsp3) is 0.462. The van der Waals surface area contributed by atoms with E-state index in [2.05, 4.69) is 5.48 Å². The van der Waals surface area contributed by atoms with Gasteiger partial charge in [-0.3, -0.25) is 4.84 Å². The number of urea groups is 1. The number of carbonyl (C=O) groups is 1. The first kappa shape index (κ1) is 14.5. The summed E-state index contributed by atoms with van der Waals surface area (Å²) in [5, 5.41) is 8.85. The van der Waals surface area contributed by atoms with Crippen LogP contribution >= 0.6 is 0 Å². The summed E-state index contributed by atoms with van der Waals surface area (Å²) in [5.41, 5.74) is 3.36. The fourth-order valence-corrected chi connectivity index (χ4v) is 1.53. The van der Waals surface area contributed by atoms with E-state index in [-0.39, 0.29) is 12.6 Å². The molecular weight excluding hydrogens is 232 g/mol. The third kappa shape index (κ3) is 5.16. The molecule has 0 aliphatic heterocycles. The van der Waals surface area contributed by atoms with Gasteiger partial charge in [-0.05, 0) is 12.0 Å². The maximum atomic E-state index is 11.7. The first-order valence-corrected chi connectivity index (χ1v) is 6.09. The lowest BCUT2D eigenvalue weighted by Crippen LogP contribution is -2.41. The van der Waals surface area contributed by atoms with Gasteiger partial charge in [0, 0.05) is 13.1 Å². The molecule has 0 heterocycles. The summed E-state index contributed by atoms with van der Waals surface area (Å²) in [7, 11) is 0. The Morgan fingerprint density at radius 1 is 1.33 bits per heavy atom. The number of nitrogens with one attached hydrogen (secondary N) is 1. The van der Waals surface area contributed by atoms with Crippen LogP contribution in [0.5, 0.6) is 0 Å². The summed E-state index contributed by atoms with van der Waals surface area (Å²) in [6.07, 6.45) is 0.839. The Kier molecular flexibility index (Phi) is 6.83. The molecule has 18 heavy (non-hydrogen) atoms. The number of carbonyl (C=O) groups excluding carboxylic acids is 1. The zero-order chi connectivity index (χ0) is 13.2. The van der Waals surface area contributed by atoms with Crippen LogP contribution in [-0.2, 0) is 11.4 Å². The van der Waals surface area contributed by atoms with Gasteiger partial charge in [-0.1, -0.05) is 37.3 Å². The molecule has 0 radical (unpaired) electrons. The van der Waals surface area contributed by atoms with Crippen molar-refractivity contribution in [1.82, 2.24) is 10.4 Å². The van der Waals surface area contributed by atoms with Crippen LogP contribution in [0.15, 0.2) is 30.3 Å². The standard InChI is InChI=1S/C13H20N2O3/c1-2-8-15(9-10-16)13(17)14-18-11-12-6-4-3-5-7-12/h3-7,16H,2,8-11H2,1H3,(H,14,17). The summed E-state index contributed by atoms with van der Waals surface area (Å²) in [5.74, 6) is 0. The topological polar surface area (TPSA) is 61.8 Å². The molecule has 0 aliphatic rings. The predicted octanol–water partition coefficient (Wildman–Crippen LogP) is 1.53. The van der Waals surface area contributed by atoms with E-state index in [1.54, 1.807) is 0 Å². The molecule has 2 amide bonds. The van der Waals surface area contributed by atoms with E-state index in [9.17, 15) is 4.79 Å². The second kappa shape index (κ2) is 8.49. The molecule has 0 aromatic heterocycles. The zero-order valence-corrected chi connectivity index (χ0v) is 10.6. The monoisotopic (exact) mass is 252 g/mol. The Morgan fingerprint density at radius 3 is 2.67 bits per heavy atom. The SMILES string of the molecule is CCCN(CCO)C(=O)NOCc1ccccc1. The first-order chi connectivity index (χ1) is 8.77. The fourth-order valence-electron chi connectivity index (χ4n) is 1.53. The average Bonchev–Trinajstić information content (AvgIpc) is 2.39. The van der Waals surface area contributed by atoms with Crippen molar-refractivity contribution in [3.63, 3.8) is 0 Å². The summed E-state index contributed by atoms with van der Waals surface area (Å²) in [6, 6.07) is 9.27. The quantitative estimate of drug-likeness (QED) is 0.723. The third-order valence-corrected chi connectivity index (χ3v) is 2.39. The van der Waals surface area contributed by atoms with Gasteiger partial charge < -0.3 is 10.0 Å². The van der Waals surface area contributed by atoms with E-state index in [4.69, 9.17) is 9.94 Å². The lowest BCUT2D eigenvalue weighted by Gasteiger charge is -2.21. The van der Waals surface area contributed by atoms with Crippen LogP contribution < -0.4 is 5.48 Å². The van der Waals surface area contributed by atoms with Gasteiger partial charge in [0.05, 0.1) is 13.2 Å². The van der Waals surface area contributed by atoms with Crippen molar-refractivity contribution in [3.8, 4) is 0 Å². The number of nitrogens with zero attached hydrogens (tertiary/aromatic N) is 1. The molecule has 0 bridgehead atoms. The summed E-state index contributed by atoms with van der Waals surface area (Å²) in [6.45, 7) is 3.16. The molecule has 100 valence electrons. The first-order valence-electron chi connectivity index (χ1n) is 6.09. The second-order valence-electron chi connectivity index (χ2n) is 3.89. The highest BCUT2D eigenvalue weighted by Gasteiger charge is 2.11. The minimum atomic E-state index is -0.318. The highest BCUT2D eigenvalue weighted by Crippen LogP contribution is 1.99. The number of hydrogen-bond donors (Lipinski definition) is 2. The third-order valence-electron chi connectivity index (χ3n) is 2.39. The smallest absolute Gasteiger partial charge is 0.341 e. The lowest BCUT2D eigenvalue weighted by molar-refractivity contribution is 0.0348. The minimum absolute atomic E-state index is 0.0495. The van der Waals surface area contributed by atoms with Crippen LogP contribution in [0.2, 0.25) is 0 Å². The Bertz CT molecular complexity index is 337. The number of amides is 2. The normalized spacial score (nSPS) is 10.1. The maximum absolute atomic E-state index is 11.7. The Hall–Kier alpha value is -1.59. The highest BCUT2D eigenvalue weighted by molar-refractivity contribution is 5.72.